The quantitative estimate of drug-likeness (QED) is 0.727. The Morgan fingerprint density at radius 3 is 2.52 bits per heavy atom. The summed E-state index contributed by atoms with van der Waals surface area (Å²) >= 11 is 7.36. The first-order chi connectivity index (χ1) is 11.2. The van der Waals surface area contributed by atoms with Gasteiger partial charge in [0.1, 0.15) is 6.04 Å². The van der Waals surface area contributed by atoms with Crippen molar-refractivity contribution in [3.8, 4) is 0 Å². The van der Waals surface area contributed by atoms with Crippen LogP contribution in [0.4, 0.5) is 5.69 Å². The molecule has 23 heavy (non-hydrogen) atoms. The third-order valence-electron chi connectivity index (χ3n) is 4.43. The lowest BCUT2D eigenvalue weighted by atomic mass is 10.1. The van der Waals surface area contributed by atoms with Gasteiger partial charge in [0.25, 0.3) is 0 Å². The van der Waals surface area contributed by atoms with Gasteiger partial charge in [-0.25, -0.2) is 0 Å². The number of likely N-dealkylation sites (tertiary alicyclic amines) is 1. The molecule has 3 nitrogen and oxygen atoms in total. The number of thiocarbonyl (C=S) groups is 1. The van der Waals surface area contributed by atoms with E-state index in [2.05, 4.69) is 35.1 Å². The second kappa shape index (κ2) is 7.90. The van der Waals surface area contributed by atoms with Gasteiger partial charge < -0.3 is 15.5 Å². The van der Waals surface area contributed by atoms with E-state index in [0.29, 0.717) is 17.2 Å². The number of quaternary nitrogens is 1. The van der Waals surface area contributed by atoms with E-state index in [-0.39, 0.29) is 0 Å². The lowest BCUT2D eigenvalue weighted by Gasteiger charge is -2.30. The largest absolute Gasteiger partial charge is 0.354 e. The number of hydrogen-bond acceptors (Lipinski definition) is 2. The maximum absolute atomic E-state index is 5.51. The molecule has 1 aromatic carbocycles. The molecule has 1 saturated heterocycles. The summed E-state index contributed by atoms with van der Waals surface area (Å²) in [5.74, 6) is 0. The Labute approximate surface area is 147 Å². The molecule has 3 rings (SSSR count). The van der Waals surface area contributed by atoms with Crippen LogP contribution in [0.25, 0.3) is 0 Å². The second-order valence-electron chi connectivity index (χ2n) is 6.11. The van der Waals surface area contributed by atoms with Gasteiger partial charge in [-0.3, -0.25) is 0 Å². The molecular weight excluding hydrogens is 322 g/mol. The van der Waals surface area contributed by atoms with Crippen LogP contribution in [0, 0.1) is 0 Å². The maximum Gasteiger partial charge on any atom is 0.171 e. The molecule has 1 aliphatic rings. The molecule has 2 atom stereocenters. The predicted molar refractivity (Wildman–Crippen MR) is 102 cm³/mol. The van der Waals surface area contributed by atoms with E-state index in [9.17, 15) is 0 Å². The highest BCUT2D eigenvalue weighted by molar-refractivity contribution is 7.80. The van der Waals surface area contributed by atoms with E-state index in [1.54, 1.807) is 4.90 Å². The van der Waals surface area contributed by atoms with E-state index in [4.69, 9.17) is 12.2 Å². The molecule has 0 aliphatic carbocycles. The van der Waals surface area contributed by atoms with Gasteiger partial charge in [-0.05, 0) is 42.7 Å². The number of para-hydroxylation sites is 1. The van der Waals surface area contributed by atoms with Gasteiger partial charge in [-0.15, -0.1) is 11.3 Å². The number of nitrogens with one attached hydrogen (secondary N) is 3. The topological polar surface area (TPSA) is 28.5 Å². The molecule has 2 aromatic rings. The number of anilines is 1. The number of hydrogen-bond donors (Lipinski definition) is 3. The van der Waals surface area contributed by atoms with Crippen molar-refractivity contribution in [2.24, 2.45) is 0 Å². The molecule has 2 heterocycles. The summed E-state index contributed by atoms with van der Waals surface area (Å²) in [7, 11) is 0. The van der Waals surface area contributed by atoms with E-state index < -0.39 is 0 Å². The summed E-state index contributed by atoms with van der Waals surface area (Å²) in [4.78, 5) is 3.12. The molecule has 122 valence electrons. The van der Waals surface area contributed by atoms with Crippen molar-refractivity contribution in [1.29, 1.82) is 0 Å². The van der Waals surface area contributed by atoms with Crippen molar-refractivity contribution < 1.29 is 4.90 Å². The summed E-state index contributed by atoms with van der Waals surface area (Å²) in [6.45, 7) is 4.76. The highest BCUT2D eigenvalue weighted by Crippen LogP contribution is 2.21. The Morgan fingerprint density at radius 1 is 1.13 bits per heavy atom. The van der Waals surface area contributed by atoms with Crippen molar-refractivity contribution in [2.45, 2.75) is 31.8 Å². The highest BCUT2D eigenvalue weighted by Gasteiger charge is 2.33. The molecule has 0 spiro atoms. The molecule has 1 aromatic heterocycles. The van der Waals surface area contributed by atoms with Gasteiger partial charge in [-0.1, -0.05) is 24.3 Å². The summed E-state index contributed by atoms with van der Waals surface area (Å²) < 4.78 is 0. The highest BCUT2D eigenvalue weighted by atomic mass is 32.1. The first kappa shape index (κ1) is 16.4. The molecule has 1 fully saturated rings. The molecule has 3 N–H and O–H groups in total. The van der Waals surface area contributed by atoms with E-state index in [0.717, 1.165) is 5.69 Å². The average molecular weight is 347 g/mol. The summed E-state index contributed by atoms with van der Waals surface area (Å²) in [6.07, 6.45) is 2.66. The standard InChI is InChI=1S/C18H23N3S2/c1-14(19-18(22)20-15-8-3-2-4-9-15)17(16-10-7-13-23-16)21-11-5-6-12-21/h2-4,7-10,13-14,17H,5-6,11-12H2,1H3,(H2,19,20,22)/p+1/t14-,17+/m1/s1. The number of thiophene rings is 1. The smallest absolute Gasteiger partial charge is 0.171 e. The van der Waals surface area contributed by atoms with Crippen LogP contribution in [0.3, 0.4) is 0 Å². The lowest BCUT2D eigenvalue weighted by molar-refractivity contribution is -0.920. The normalized spacial score (nSPS) is 17.6. The summed E-state index contributed by atoms with van der Waals surface area (Å²) in [5.41, 5.74) is 1.03. The van der Waals surface area contributed by atoms with Gasteiger partial charge >= 0.3 is 0 Å². The van der Waals surface area contributed by atoms with Gasteiger partial charge in [0.2, 0.25) is 0 Å². The summed E-state index contributed by atoms with van der Waals surface area (Å²) in [5, 5.41) is 9.65. The van der Waals surface area contributed by atoms with E-state index in [1.807, 2.05) is 41.7 Å². The zero-order valence-electron chi connectivity index (χ0n) is 13.4. The third kappa shape index (κ3) is 4.31. The van der Waals surface area contributed by atoms with E-state index in [1.165, 1.54) is 30.8 Å². The van der Waals surface area contributed by atoms with Crippen LogP contribution in [0.1, 0.15) is 30.7 Å². The minimum atomic E-state index is 0.297. The van der Waals surface area contributed by atoms with Gasteiger partial charge in [0.05, 0.1) is 24.0 Å². The third-order valence-corrected chi connectivity index (χ3v) is 5.60. The Balaban J connectivity index is 1.66. The zero-order valence-corrected chi connectivity index (χ0v) is 15.1. The van der Waals surface area contributed by atoms with Crippen LogP contribution in [-0.2, 0) is 0 Å². The SMILES string of the molecule is C[C@@H](NC(=S)Nc1ccccc1)[C@@H](c1cccs1)[NH+]1CCCC1. The maximum atomic E-state index is 5.51. The Bertz CT molecular complexity index is 606. The van der Waals surface area contributed by atoms with Crippen molar-refractivity contribution in [1.82, 2.24) is 5.32 Å². The van der Waals surface area contributed by atoms with Crippen molar-refractivity contribution >= 4 is 34.4 Å². The fourth-order valence-electron chi connectivity index (χ4n) is 3.39. The minimum Gasteiger partial charge on any atom is -0.354 e. The fourth-order valence-corrected chi connectivity index (χ4v) is 4.68. The predicted octanol–water partition coefficient (Wildman–Crippen LogP) is 2.84. The summed E-state index contributed by atoms with van der Waals surface area (Å²) in [6, 6.07) is 15.3. The van der Waals surface area contributed by atoms with Crippen LogP contribution in [-0.4, -0.2) is 24.2 Å². The second-order valence-corrected chi connectivity index (χ2v) is 7.50. The molecule has 0 amide bonds. The van der Waals surface area contributed by atoms with Crippen molar-refractivity contribution in [3.05, 3.63) is 52.7 Å². The zero-order chi connectivity index (χ0) is 16.1. The molecular formula is C18H24N3S2+. The number of benzene rings is 1. The van der Waals surface area contributed by atoms with Gasteiger partial charge in [0, 0.05) is 18.5 Å². The monoisotopic (exact) mass is 346 g/mol. The van der Waals surface area contributed by atoms with Crippen molar-refractivity contribution in [2.75, 3.05) is 18.4 Å². The van der Waals surface area contributed by atoms with Gasteiger partial charge in [-0.2, -0.15) is 0 Å². The molecule has 5 heteroatoms. The fraction of sp³-hybridized carbons (Fsp3) is 0.389. The van der Waals surface area contributed by atoms with Crippen LogP contribution in [0.2, 0.25) is 0 Å². The van der Waals surface area contributed by atoms with Crippen LogP contribution in [0.5, 0.6) is 0 Å². The molecule has 0 bridgehead atoms. The minimum absolute atomic E-state index is 0.297. The van der Waals surface area contributed by atoms with Crippen LogP contribution in [0.15, 0.2) is 47.8 Å². The molecule has 0 unspecified atom stereocenters. The first-order valence-electron chi connectivity index (χ1n) is 8.24. The first-order valence-corrected chi connectivity index (χ1v) is 9.53. The lowest BCUT2D eigenvalue weighted by Crippen LogP contribution is -3.11. The average Bonchev–Trinajstić information content (AvgIpc) is 3.22. The molecule has 0 saturated carbocycles. The van der Waals surface area contributed by atoms with E-state index >= 15 is 0 Å². The van der Waals surface area contributed by atoms with Crippen LogP contribution >= 0.6 is 23.6 Å². The van der Waals surface area contributed by atoms with Crippen molar-refractivity contribution in [3.63, 3.8) is 0 Å². The molecule has 0 radical (unpaired) electrons. The number of rotatable bonds is 5. The Morgan fingerprint density at radius 2 is 1.87 bits per heavy atom. The molecule has 1 aliphatic heterocycles. The van der Waals surface area contributed by atoms with Gasteiger partial charge in [0.15, 0.2) is 5.11 Å². The Hall–Kier alpha value is -1.43. The Kier molecular flexibility index (Phi) is 5.65. The van der Waals surface area contributed by atoms with Crippen LogP contribution < -0.4 is 15.5 Å².